The van der Waals surface area contributed by atoms with Crippen molar-refractivity contribution in [3.63, 3.8) is 0 Å². The van der Waals surface area contributed by atoms with E-state index in [2.05, 4.69) is 20.9 Å². The zero-order chi connectivity index (χ0) is 16.7. The maximum Gasteiger partial charge on any atom is 0.262 e. The molecule has 1 aromatic carbocycles. The molecule has 24 heavy (non-hydrogen) atoms. The summed E-state index contributed by atoms with van der Waals surface area (Å²) < 4.78 is 13.8. The van der Waals surface area contributed by atoms with Gasteiger partial charge >= 0.3 is 0 Å². The summed E-state index contributed by atoms with van der Waals surface area (Å²) in [5.41, 5.74) is 1.06. The molecule has 0 spiro atoms. The topological polar surface area (TPSA) is 53.4 Å². The molecule has 3 heterocycles. The second kappa shape index (κ2) is 6.42. The molecule has 1 aliphatic heterocycles. The number of hydrogen-bond acceptors (Lipinski definition) is 6. The van der Waals surface area contributed by atoms with Gasteiger partial charge in [0, 0.05) is 17.3 Å². The van der Waals surface area contributed by atoms with Crippen LogP contribution >= 0.6 is 39.0 Å². The number of nitrogens with zero attached hydrogens (tertiary/aromatic N) is 2. The Morgan fingerprint density at radius 3 is 2.88 bits per heavy atom. The van der Waals surface area contributed by atoms with Crippen molar-refractivity contribution in [1.82, 2.24) is 9.55 Å². The highest BCUT2D eigenvalue weighted by molar-refractivity contribution is 9.10. The summed E-state index contributed by atoms with van der Waals surface area (Å²) in [6.07, 6.45) is 0. The molecule has 3 aromatic rings. The molecule has 0 radical (unpaired) electrons. The molecule has 4 rings (SSSR count). The van der Waals surface area contributed by atoms with Gasteiger partial charge in [0.15, 0.2) is 16.7 Å². The molecule has 0 bridgehead atoms. The first kappa shape index (κ1) is 16.0. The zero-order valence-electron chi connectivity index (χ0n) is 12.7. The van der Waals surface area contributed by atoms with Gasteiger partial charge < -0.3 is 9.47 Å². The molecule has 2 aromatic heterocycles. The third-order valence-electron chi connectivity index (χ3n) is 3.73. The summed E-state index contributed by atoms with van der Waals surface area (Å²) in [5, 5.41) is 3.27. The molecule has 0 atom stereocenters. The third kappa shape index (κ3) is 2.82. The van der Waals surface area contributed by atoms with Crippen LogP contribution in [0.25, 0.3) is 10.2 Å². The fraction of sp³-hybridized carbons (Fsp3) is 0.250. The molecule has 0 N–H and O–H groups in total. The van der Waals surface area contributed by atoms with Crippen LogP contribution in [0.5, 0.6) is 11.5 Å². The average molecular weight is 425 g/mol. The van der Waals surface area contributed by atoms with E-state index in [9.17, 15) is 4.79 Å². The molecular weight excluding hydrogens is 412 g/mol. The Hall–Kier alpha value is -1.51. The molecule has 0 fully saturated rings. The average Bonchev–Trinajstić information content (AvgIpc) is 3.05. The van der Waals surface area contributed by atoms with Gasteiger partial charge in [-0.3, -0.25) is 9.36 Å². The fourth-order valence-electron chi connectivity index (χ4n) is 2.47. The number of thiophene rings is 1. The summed E-state index contributed by atoms with van der Waals surface area (Å²) in [4.78, 5) is 17.7. The SMILES string of the molecule is Cn1c(SCc2cc3c(cc2Br)OCCO3)nc2sccc2c1=O. The fourth-order valence-corrected chi connectivity index (χ4v) is 4.88. The minimum Gasteiger partial charge on any atom is -0.486 e. The number of rotatable bonds is 3. The van der Waals surface area contributed by atoms with Crippen LogP contribution in [0.3, 0.4) is 0 Å². The lowest BCUT2D eigenvalue weighted by molar-refractivity contribution is 0.171. The highest BCUT2D eigenvalue weighted by atomic mass is 79.9. The van der Waals surface area contributed by atoms with Gasteiger partial charge in [-0.15, -0.1) is 11.3 Å². The van der Waals surface area contributed by atoms with Gasteiger partial charge in [0.2, 0.25) is 0 Å². The third-order valence-corrected chi connectivity index (χ3v) is 6.36. The Bertz CT molecular complexity index is 983. The normalized spacial score (nSPS) is 13.4. The first-order valence-corrected chi connectivity index (χ1v) is 9.94. The van der Waals surface area contributed by atoms with Crippen molar-refractivity contribution in [2.24, 2.45) is 7.05 Å². The van der Waals surface area contributed by atoms with Crippen LogP contribution in [0, 0.1) is 0 Å². The van der Waals surface area contributed by atoms with Gasteiger partial charge in [0.05, 0.1) is 5.39 Å². The number of thioether (sulfide) groups is 1. The Labute approximate surface area is 154 Å². The van der Waals surface area contributed by atoms with E-state index in [0.29, 0.717) is 29.5 Å². The first-order chi connectivity index (χ1) is 11.6. The molecule has 8 heteroatoms. The van der Waals surface area contributed by atoms with Gasteiger partial charge in [-0.05, 0) is 29.1 Å². The van der Waals surface area contributed by atoms with Crippen LogP contribution in [0.1, 0.15) is 5.56 Å². The number of hydrogen-bond donors (Lipinski definition) is 0. The van der Waals surface area contributed by atoms with Crippen molar-refractivity contribution in [2.45, 2.75) is 10.9 Å². The van der Waals surface area contributed by atoms with Gasteiger partial charge in [0.1, 0.15) is 18.0 Å². The van der Waals surface area contributed by atoms with Crippen LogP contribution < -0.4 is 15.0 Å². The summed E-state index contributed by atoms with van der Waals surface area (Å²) in [7, 11) is 1.76. The van der Waals surface area contributed by atoms with Gasteiger partial charge in [-0.25, -0.2) is 4.98 Å². The largest absolute Gasteiger partial charge is 0.486 e. The summed E-state index contributed by atoms with van der Waals surface area (Å²) in [6, 6.07) is 5.73. The molecule has 0 saturated carbocycles. The predicted octanol–water partition coefficient (Wildman–Crippen LogP) is 3.82. The van der Waals surface area contributed by atoms with E-state index in [-0.39, 0.29) is 5.56 Å². The minimum atomic E-state index is -0.00927. The second-order valence-corrected chi connectivity index (χ2v) is 7.97. The summed E-state index contributed by atoms with van der Waals surface area (Å²) in [6.45, 7) is 1.13. The number of aromatic nitrogens is 2. The Morgan fingerprint density at radius 2 is 2.08 bits per heavy atom. The van der Waals surface area contributed by atoms with Crippen molar-refractivity contribution in [3.05, 3.63) is 44.0 Å². The van der Waals surface area contributed by atoms with Crippen molar-refractivity contribution in [2.75, 3.05) is 13.2 Å². The van der Waals surface area contributed by atoms with E-state index in [1.807, 2.05) is 23.6 Å². The van der Waals surface area contributed by atoms with Crippen molar-refractivity contribution in [1.29, 1.82) is 0 Å². The van der Waals surface area contributed by atoms with Crippen LogP contribution in [-0.4, -0.2) is 22.8 Å². The summed E-state index contributed by atoms with van der Waals surface area (Å²) in [5.74, 6) is 2.19. The van der Waals surface area contributed by atoms with E-state index in [1.165, 1.54) is 23.1 Å². The van der Waals surface area contributed by atoms with E-state index < -0.39 is 0 Å². The van der Waals surface area contributed by atoms with Crippen LogP contribution in [0.2, 0.25) is 0 Å². The summed E-state index contributed by atoms with van der Waals surface area (Å²) >= 11 is 6.59. The van der Waals surface area contributed by atoms with Gasteiger partial charge in [0.25, 0.3) is 5.56 Å². The zero-order valence-corrected chi connectivity index (χ0v) is 16.0. The van der Waals surface area contributed by atoms with E-state index in [1.54, 1.807) is 11.6 Å². The number of ether oxygens (including phenoxy) is 2. The van der Waals surface area contributed by atoms with Crippen molar-refractivity contribution in [3.8, 4) is 11.5 Å². The second-order valence-electron chi connectivity index (χ2n) is 5.27. The Morgan fingerprint density at radius 1 is 1.33 bits per heavy atom. The predicted molar refractivity (Wildman–Crippen MR) is 99.6 cm³/mol. The monoisotopic (exact) mass is 424 g/mol. The smallest absolute Gasteiger partial charge is 0.262 e. The van der Waals surface area contributed by atoms with E-state index >= 15 is 0 Å². The molecule has 1 aliphatic rings. The van der Waals surface area contributed by atoms with Crippen molar-refractivity contribution < 1.29 is 9.47 Å². The first-order valence-electron chi connectivity index (χ1n) is 7.28. The molecule has 0 unspecified atom stereocenters. The number of halogens is 1. The highest BCUT2D eigenvalue weighted by Crippen LogP contribution is 2.37. The van der Waals surface area contributed by atoms with Crippen molar-refractivity contribution >= 4 is 49.2 Å². The standard InChI is InChI=1S/C16H13BrN2O3S2/c1-19-15(20)10-2-5-23-14(10)18-16(19)24-8-9-6-12-13(7-11(9)17)22-4-3-21-12/h2,5-7H,3-4,8H2,1H3. The maximum atomic E-state index is 12.4. The molecule has 0 aliphatic carbocycles. The minimum absolute atomic E-state index is 0.00927. The molecule has 124 valence electrons. The Kier molecular flexibility index (Phi) is 4.28. The lowest BCUT2D eigenvalue weighted by Gasteiger charge is -2.20. The number of fused-ring (bicyclic) bond motifs is 2. The van der Waals surface area contributed by atoms with E-state index in [0.717, 1.165) is 26.4 Å². The van der Waals surface area contributed by atoms with Crippen LogP contribution in [0.4, 0.5) is 0 Å². The lowest BCUT2D eigenvalue weighted by Crippen LogP contribution is -2.19. The van der Waals surface area contributed by atoms with Gasteiger partial charge in [-0.1, -0.05) is 27.7 Å². The number of benzene rings is 1. The Balaban J connectivity index is 1.63. The van der Waals surface area contributed by atoms with Gasteiger partial charge in [-0.2, -0.15) is 0 Å². The van der Waals surface area contributed by atoms with Crippen LogP contribution in [-0.2, 0) is 12.8 Å². The van der Waals surface area contributed by atoms with Crippen LogP contribution in [0.15, 0.2) is 38.0 Å². The lowest BCUT2D eigenvalue weighted by atomic mass is 10.2. The van der Waals surface area contributed by atoms with E-state index in [4.69, 9.17) is 9.47 Å². The molecular formula is C16H13BrN2O3S2. The molecule has 0 amide bonds. The highest BCUT2D eigenvalue weighted by Gasteiger charge is 2.16. The molecule has 5 nitrogen and oxygen atoms in total. The molecule has 0 saturated heterocycles. The maximum absolute atomic E-state index is 12.4. The quantitative estimate of drug-likeness (QED) is 0.472.